The van der Waals surface area contributed by atoms with Gasteiger partial charge in [-0.25, -0.2) is 0 Å². The molecule has 0 saturated heterocycles. The summed E-state index contributed by atoms with van der Waals surface area (Å²) < 4.78 is 0. The summed E-state index contributed by atoms with van der Waals surface area (Å²) in [5, 5.41) is 9.17. The molecular formula is C13H26N2O2. The lowest BCUT2D eigenvalue weighted by molar-refractivity contribution is -0.145. The molecule has 0 radical (unpaired) electrons. The van der Waals surface area contributed by atoms with Gasteiger partial charge in [0.2, 0.25) is 0 Å². The zero-order chi connectivity index (χ0) is 12.9. The summed E-state index contributed by atoms with van der Waals surface area (Å²) in [5.41, 5.74) is 4.96. The minimum Gasteiger partial charge on any atom is -0.480 e. The molecule has 0 aliphatic heterocycles. The highest BCUT2D eigenvalue weighted by molar-refractivity contribution is 5.78. The fourth-order valence-corrected chi connectivity index (χ4v) is 2.64. The van der Waals surface area contributed by atoms with Crippen molar-refractivity contribution in [3.05, 3.63) is 0 Å². The van der Waals surface area contributed by atoms with Gasteiger partial charge < -0.3 is 15.7 Å². The van der Waals surface area contributed by atoms with Gasteiger partial charge in [-0.05, 0) is 45.7 Å². The summed E-state index contributed by atoms with van der Waals surface area (Å²) in [7, 11) is 2.09. The number of carbonyl (C=O) groups is 1. The molecule has 4 heteroatoms. The maximum absolute atomic E-state index is 11.2. The summed E-state index contributed by atoms with van der Waals surface area (Å²) in [6.45, 7) is 3.24. The van der Waals surface area contributed by atoms with Gasteiger partial charge in [-0.15, -0.1) is 0 Å². The van der Waals surface area contributed by atoms with Crippen LogP contribution in [0.15, 0.2) is 0 Å². The van der Waals surface area contributed by atoms with E-state index in [0.29, 0.717) is 18.9 Å². The Hall–Kier alpha value is -0.610. The zero-order valence-electron chi connectivity index (χ0n) is 11.1. The number of carboxylic acid groups (broad SMARTS) is 1. The molecular weight excluding hydrogens is 216 g/mol. The summed E-state index contributed by atoms with van der Waals surface area (Å²) in [4.78, 5) is 13.5. The topological polar surface area (TPSA) is 66.6 Å². The molecule has 2 unspecified atom stereocenters. The number of carboxylic acids is 1. The van der Waals surface area contributed by atoms with Crippen LogP contribution >= 0.6 is 0 Å². The lowest BCUT2D eigenvalue weighted by Crippen LogP contribution is -2.55. The minimum absolute atomic E-state index is 0.335. The molecule has 0 bridgehead atoms. The van der Waals surface area contributed by atoms with E-state index in [9.17, 15) is 4.79 Å². The number of unbranched alkanes of at least 4 members (excludes halogenated alkanes) is 2. The molecule has 3 N–H and O–H groups in total. The lowest BCUT2D eigenvalue weighted by Gasteiger charge is -2.39. The second kappa shape index (κ2) is 6.36. The largest absolute Gasteiger partial charge is 0.480 e. The van der Waals surface area contributed by atoms with Crippen molar-refractivity contribution in [1.29, 1.82) is 0 Å². The molecule has 0 aromatic heterocycles. The first-order valence-electron chi connectivity index (χ1n) is 6.72. The molecule has 1 aliphatic carbocycles. The van der Waals surface area contributed by atoms with E-state index >= 15 is 0 Å². The number of nitrogens with zero attached hydrogens (tertiary/aromatic N) is 1. The zero-order valence-corrected chi connectivity index (χ0v) is 11.1. The number of aliphatic carboxylic acids is 1. The van der Waals surface area contributed by atoms with Gasteiger partial charge in [0, 0.05) is 6.04 Å². The van der Waals surface area contributed by atoms with Crippen LogP contribution in [0.1, 0.15) is 51.9 Å². The van der Waals surface area contributed by atoms with E-state index in [2.05, 4.69) is 18.9 Å². The number of hydrogen-bond acceptors (Lipinski definition) is 3. The minimum atomic E-state index is -0.998. The highest BCUT2D eigenvalue weighted by Crippen LogP contribution is 2.29. The van der Waals surface area contributed by atoms with Gasteiger partial charge in [0.25, 0.3) is 0 Å². The van der Waals surface area contributed by atoms with Gasteiger partial charge in [-0.2, -0.15) is 0 Å². The van der Waals surface area contributed by atoms with Gasteiger partial charge in [0.1, 0.15) is 5.54 Å². The Bertz CT molecular complexity index is 258. The Kier molecular flexibility index (Phi) is 5.40. The van der Waals surface area contributed by atoms with E-state index in [1.54, 1.807) is 0 Å². The maximum Gasteiger partial charge on any atom is 0.323 e. The van der Waals surface area contributed by atoms with Crippen LogP contribution in [0.3, 0.4) is 0 Å². The van der Waals surface area contributed by atoms with Gasteiger partial charge in [-0.3, -0.25) is 4.79 Å². The van der Waals surface area contributed by atoms with Crippen molar-refractivity contribution in [2.24, 2.45) is 5.73 Å². The lowest BCUT2D eigenvalue weighted by atomic mass is 9.79. The molecule has 1 rings (SSSR count). The molecule has 0 heterocycles. The molecule has 1 fully saturated rings. The Morgan fingerprint density at radius 3 is 2.82 bits per heavy atom. The third-order valence-corrected chi connectivity index (χ3v) is 3.92. The predicted octanol–water partition coefficient (Wildman–Crippen LogP) is 1.83. The third-order valence-electron chi connectivity index (χ3n) is 3.92. The van der Waals surface area contributed by atoms with Crippen molar-refractivity contribution >= 4 is 5.97 Å². The smallest absolute Gasteiger partial charge is 0.323 e. The number of hydrogen-bond donors (Lipinski definition) is 2. The first-order chi connectivity index (χ1) is 7.99. The summed E-state index contributed by atoms with van der Waals surface area (Å²) >= 11 is 0. The van der Waals surface area contributed by atoms with E-state index in [-0.39, 0.29) is 0 Å². The molecule has 17 heavy (non-hydrogen) atoms. The molecule has 100 valence electrons. The van der Waals surface area contributed by atoms with Gasteiger partial charge in [-0.1, -0.05) is 19.8 Å². The average Bonchev–Trinajstić information content (AvgIpc) is 2.29. The van der Waals surface area contributed by atoms with Crippen LogP contribution in [0, 0.1) is 0 Å². The Morgan fingerprint density at radius 1 is 1.53 bits per heavy atom. The van der Waals surface area contributed by atoms with Gasteiger partial charge in [0.15, 0.2) is 0 Å². The van der Waals surface area contributed by atoms with Crippen LogP contribution in [0.25, 0.3) is 0 Å². The molecule has 0 amide bonds. The average molecular weight is 242 g/mol. The molecule has 0 spiro atoms. The number of nitrogens with two attached hydrogens (primary N) is 1. The Morgan fingerprint density at radius 2 is 2.24 bits per heavy atom. The van der Waals surface area contributed by atoms with E-state index in [0.717, 1.165) is 19.4 Å². The molecule has 1 aliphatic rings. The first kappa shape index (κ1) is 14.5. The second-order valence-electron chi connectivity index (χ2n) is 5.40. The van der Waals surface area contributed by atoms with Crippen molar-refractivity contribution in [2.45, 2.75) is 63.5 Å². The quantitative estimate of drug-likeness (QED) is 0.697. The first-order valence-corrected chi connectivity index (χ1v) is 6.72. The van der Waals surface area contributed by atoms with Crippen molar-refractivity contribution in [2.75, 3.05) is 13.6 Å². The Labute approximate surface area is 104 Å². The van der Waals surface area contributed by atoms with E-state index in [1.807, 2.05) is 0 Å². The molecule has 1 saturated carbocycles. The van der Waals surface area contributed by atoms with E-state index < -0.39 is 11.5 Å². The van der Waals surface area contributed by atoms with Crippen molar-refractivity contribution in [1.82, 2.24) is 4.90 Å². The van der Waals surface area contributed by atoms with Crippen LogP contribution in [0.5, 0.6) is 0 Å². The standard InChI is InChI=1S/C13H26N2O2/c1-3-4-5-9-15(2)11-7-6-8-13(14,10-11)12(16)17/h11H,3-10,14H2,1-2H3,(H,16,17). The summed E-state index contributed by atoms with van der Waals surface area (Å²) in [5.74, 6) is -0.843. The highest BCUT2D eigenvalue weighted by Gasteiger charge is 2.40. The predicted molar refractivity (Wildman–Crippen MR) is 69.0 cm³/mol. The molecule has 0 aromatic rings. The fourth-order valence-electron chi connectivity index (χ4n) is 2.64. The highest BCUT2D eigenvalue weighted by atomic mass is 16.4. The summed E-state index contributed by atoms with van der Waals surface area (Å²) in [6.07, 6.45) is 6.85. The molecule has 2 atom stereocenters. The van der Waals surface area contributed by atoms with Crippen molar-refractivity contribution in [3.8, 4) is 0 Å². The van der Waals surface area contributed by atoms with Crippen molar-refractivity contribution < 1.29 is 9.90 Å². The van der Waals surface area contributed by atoms with Crippen LogP contribution in [0.4, 0.5) is 0 Å². The van der Waals surface area contributed by atoms with E-state index in [1.165, 1.54) is 19.3 Å². The normalized spacial score (nSPS) is 29.5. The fraction of sp³-hybridized carbons (Fsp3) is 0.923. The van der Waals surface area contributed by atoms with Crippen LogP contribution in [-0.4, -0.2) is 41.1 Å². The second-order valence-corrected chi connectivity index (χ2v) is 5.40. The number of rotatable bonds is 6. The molecule has 0 aromatic carbocycles. The van der Waals surface area contributed by atoms with Gasteiger partial charge in [0.05, 0.1) is 0 Å². The maximum atomic E-state index is 11.2. The molecule has 4 nitrogen and oxygen atoms in total. The van der Waals surface area contributed by atoms with Crippen molar-refractivity contribution in [3.63, 3.8) is 0 Å². The van der Waals surface area contributed by atoms with Crippen LogP contribution < -0.4 is 5.73 Å². The van der Waals surface area contributed by atoms with Crippen LogP contribution in [-0.2, 0) is 4.79 Å². The van der Waals surface area contributed by atoms with Gasteiger partial charge >= 0.3 is 5.97 Å². The van der Waals surface area contributed by atoms with Crippen LogP contribution in [0.2, 0.25) is 0 Å². The third kappa shape index (κ3) is 3.96. The summed E-state index contributed by atoms with van der Waals surface area (Å²) in [6, 6.07) is 0.335. The monoisotopic (exact) mass is 242 g/mol. The Balaban J connectivity index is 2.45. The SMILES string of the molecule is CCCCCN(C)C1CCCC(N)(C(=O)O)C1. The van der Waals surface area contributed by atoms with E-state index in [4.69, 9.17) is 10.8 Å².